The number of benzene rings is 3. The second-order valence-corrected chi connectivity index (χ2v) is 8.15. The van der Waals surface area contributed by atoms with E-state index in [0.29, 0.717) is 10.6 Å². The average Bonchev–Trinajstić information content (AvgIpc) is 3.14. The summed E-state index contributed by atoms with van der Waals surface area (Å²) < 4.78 is 80.7. The topological polar surface area (TPSA) is 57.8 Å². The van der Waals surface area contributed by atoms with Gasteiger partial charge in [-0.1, -0.05) is 6.07 Å². The summed E-state index contributed by atoms with van der Waals surface area (Å²) in [4.78, 5) is 4.52. The predicted molar refractivity (Wildman–Crippen MR) is 112 cm³/mol. The van der Waals surface area contributed by atoms with Gasteiger partial charge in [0, 0.05) is 5.56 Å². The highest BCUT2D eigenvalue weighted by molar-refractivity contribution is 7.21. The van der Waals surface area contributed by atoms with Crippen molar-refractivity contribution in [3.05, 3.63) is 71.3 Å². The summed E-state index contributed by atoms with van der Waals surface area (Å²) in [6, 6.07) is 12.2. The van der Waals surface area contributed by atoms with Crippen LogP contribution in [0.25, 0.3) is 20.8 Å². The van der Waals surface area contributed by atoms with E-state index in [1.54, 1.807) is 12.1 Å². The van der Waals surface area contributed by atoms with Gasteiger partial charge in [-0.15, -0.1) is 16.5 Å². The third kappa shape index (κ3) is 4.82. The van der Waals surface area contributed by atoms with Crippen molar-refractivity contribution in [1.82, 2.24) is 4.98 Å². The Morgan fingerprint density at radius 1 is 0.818 bits per heavy atom. The third-order valence-electron chi connectivity index (χ3n) is 4.63. The Bertz CT molecular complexity index is 1320. The Labute approximate surface area is 186 Å². The van der Waals surface area contributed by atoms with Crippen molar-refractivity contribution in [1.29, 1.82) is 0 Å². The number of phenolic OH excluding ortho intramolecular Hbond substituents is 1. The molecule has 1 N–H and O–H groups in total. The molecule has 4 nitrogen and oxygen atoms in total. The molecular formula is C22H13F6N3OS. The van der Waals surface area contributed by atoms with E-state index >= 15 is 0 Å². The van der Waals surface area contributed by atoms with Crippen molar-refractivity contribution >= 4 is 32.9 Å². The van der Waals surface area contributed by atoms with Crippen LogP contribution in [0.4, 0.5) is 37.7 Å². The fourth-order valence-corrected chi connectivity index (χ4v) is 4.16. The van der Waals surface area contributed by atoms with Crippen molar-refractivity contribution in [2.45, 2.75) is 19.3 Å². The van der Waals surface area contributed by atoms with Crippen LogP contribution in [0, 0.1) is 6.92 Å². The number of alkyl halides is 6. The van der Waals surface area contributed by atoms with Crippen LogP contribution in [-0.4, -0.2) is 10.1 Å². The lowest BCUT2D eigenvalue weighted by molar-refractivity contribution is -0.142. The molecule has 0 aliphatic heterocycles. The van der Waals surface area contributed by atoms with E-state index in [-0.39, 0.29) is 17.8 Å². The third-order valence-corrected chi connectivity index (χ3v) is 5.70. The second-order valence-electron chi connectivity index (χ2n) is 7.12. The van der Waals surface area contributed by atoms with Gasteiger partial charge in [-0.25, -0.2) is 4.98 Å². The molecule has 0 radical (unpaired) electrons. The van der Waals surface area contributed by atoms with Crippen LogP contribution in [0.5, 0.6) is 5.75 Å². The quantitative estimate of drug-likeness (QED) is 0.236. The molecule has 0 saturated heterocycles. The van der Waals surface area contributed by atoms with Gasteiger partial charge in [-0.3, -0.25) is 0 Å². The molecule has 0 unspecified atom stereocenters. The molecule has 33 heavy (non-hydrogen) atoms. The first kappa shape index (κ1) is 22.7. The smallest absolute Gasteiger partial charge is 0.418 e. The van der Waals surface area contributed by atoms with Gasteiger partial charge in [-0.2, -0.15) is 31.5 Å². The van der Waals surface area contributed by atoms with E-state index in [1.807, 2.05) is 25.1 Å². The number of halogens is 6. The molecule has 170 valence electrons. The number of phenols is 1. The minimum atomic E-state index is -5.18. The first-order valence-electron chi connectivity index (χ1n) is 9.32. The summed E-state index contributed by atoms with van der Waals surface area (Å²) in [5.41, 5.74) is -2.23. The first-order chi connectivity index (χ1) is 15.4. The SMILES string of the molecule is Cc1ccc2nc(-c3ccc(N=Nc4c(C(F)(F)F)cc(O)cc4C(F)(F)F)cc3)sc2c1. The maximum atomic E-state index is 13.3. The minimum Gasteiger partial charge on any atom is -0.508 e. The highest BCUT2D eigenvalue weighted by atomic mass is 32.1. The maximum absolute atomic E-state index is 13.3. The van der Waals surface area contributed by atoms with Crippen LogP contribution in [-0.2, 0) is 12.4 Å². The number of aryl methyl sites for hydroxylation is 1. The number of aromatic nitrogens is 1. The normalized spacial score (nSPS) is 12.7. The number of hydrogen-bond acceptors (Lipinski definition) is 5. The molecule has 0 aliphatic rings. The molecule has 4 aromatic rings. The molecule has 1 heterocycles. The van der Waals surface area contributed by atoms with Crippen LogP contribution in [0.3, 0.4) is 0 Å². The Morgan fingerprint density at radius 3 is 2.00 bits per heavy atom. The highest BCUT2D eigenvalue weighted by Gasteiger charge is 2.42. The van der Waals surface area contributed by atoms with Crippen molar-refractivity contribution in [2.75, 3.05) is 0 Å². The van der Waals surface area contributed by atoms with Crippen molar-refractivity contribution < 1.29 is 31.4 Å². The summed E-state index contributed by atoms with van der Waals surface area (Å²) >= 11 is 1.45. The summed E-state index contributed by atoms with van der Waals surface area (Å²) in [6.07, 6.45) is -10.4. The number of thiazole rings is 1. The lowest BCUT2D eigenvalue weighted by atomic mass is 10.1. The van der Waals surface area contributed by atoms with Gasteiger partial charge in [0.25, 0.3) is 0 Å². The fraction of sp³-hybridized carbons (Fsp3) is 0.136. The van der Waals surface area contributed by atoms with Gasteiger partial charge >= 0.3 is 12.4 Å². The molecular weight excluding hydrogens is 468 g/mol. The van der Waals surface area contributed by atoms with E-state index in [0.717, 1.165) is 15.8 Å². The number of hydrogen-bond donors (Lipinski definition) is 1. The van der Waals surface area contributed by atoms with Gasteiger partial charge in [0.1, 0.15) is 16.4 Å². The first-order valence-corrected chi connectivity index (χ1v) is 10.1. The molecule has 0 atom stereocenters. The zero-order valence-corrected chi connectivity index (χ0v) is 17.5. The molecule has 0 fully saturated rings. The molecule has 0 amide bonds. The molecule has 4 rings (SSSR count). The van der Waals surface area contributed by atoms with Crippen LogP contribution >= 0.6 is 11.3 Å². The van der Waals surface area contributed by atoms with E-state index in [2.05, 4.69) is 15.2 Å². The number of rotatable bonds is 3. The van der Waals surface area contributed by atoms with Gasteiger partial charge < -0.3 is 5.11 Å². The van der Waals surface area contributed by atoms with Crippen molar-refractivity contribution in [2.24, 2.45) is 10.2 Å². The van der Waals surface area contributed by atoms with Crippen LogP contribution in [0.2, 0.25) is 0 Å². The average molecular weight is 481 g/mol. The van der Waals surface area contributed by atoms with E-state index < -0.39 is 34.9 Å². The molecule has 0 saturated carbocycles. The van der Waals surface area contributed by atoms with E-state index in [9.17, 15) is 31.4 Å². The summed E-state index contributed by atoms with van der Waals surface area (Å²) in [5.74, 6) is -1.18. The lowest BCUT2D eigenvalue weighted by Crippen LogP contribution is -2.11. The molecule has 0 aliphatic carbocycles. The van der Waals surface area contributed by atoms with Gasteiger partial charge in [-0.05, 0) is 61.0 Å². The zero-order chi connectivity index (χ0) is 24.0. The van der Waals surface area contributed by atoms with Crippen LogP contribution in [0.15, 0.2) is 64.8 Å². The van der Waals surface area contributed by atoms with Crippen LogP contribution in [0.1, 0.15) is 16.7 Å². The van der Waals surface area contributed by atoms with Gasteiger partial charge in [0.05, 0.1) is 27.0 Å². The summed E-state index contributed by atoms with van der Waals surface area (Å²) in [7, 11) is 0. The standard InChI is InChI=1S/C22H13F6N3OS/c1-11-2-7-17-18(8-11)33-20(29-17)12-3-5-13(6-4-12)30-31-19-15(21(23,24)25)9-14(32)10-16(19)22(26,27)28/h2-10,32H,1H3. The predicted octanol–water partition coefficient (Wildman–Crippen LogP) is 8.43. The molecule has 11 heteroatoms. The molecule has 3 aromatic carbocycles. The highest BCUT2D eigenvalue weighted by Crippen LogP contribution is 2.46. The van der Waals surface area contributed by atoms with Gasteiger partial charge in [0.15, 0.2) is 0 Å². The number of azo groups is 1. The van der Waals surface area contributed by atoms with Crippen LogP contribution < -0.4 is 0 Å². The van der Waals surface area contributed by atoms with Gasteiger partial charge in [0.2, 0.25) is 0 Å². The lowest BCUT2D eigenvalue weighted by Gasteiger charge is -2.15. The zero-order valence-electron chi connectivity index (χ0n) is 16.7. The Balaban J connectivity index is 1.69. The number of aromatic hydroxyl groups is 1. The Hall–Kier alpha value is -3.47. The fourth-order valence-electron chi connectivity index (χ4n) is 3.09. The minimum absolute atomic E-state index is 0.0463. The molecule has 0 bridgehead atoms. The van der Waals surface area contributed by atoms with Crippen molar-refractivity contribution in [3.63, 3.8) is 0 Å². The maximum Gasteiger partial charge on any atom is 0.418 e. The number of fused-ring (bicyclic) bond motifs is 1. The van der Waals surface area contributed by atoms with E-state index in [4.69, 9.17) is 0 Å². The van der Waals surface area contributed by atoms with E-state index in [1.165, 1.54) is 23.5 Å². The van der Waals surface area contributed by atoms with Crippen molar-refractivity contribution in [3.8, 4) is 16.3 Å². The monoisotopic (exact) mass is 481 g/mol. The summed E-state index contributed by atoms with van der Waals surface area (Å²) in [5, 5.41) is 16.9. The largest absolute Gasteiger partial charge is 0.508 e. The Kier molecular flexibility index (Phi) is 5.61. The number of nitrogens with zero attached hydrogens (tertiary/aromatic N) is 3. The Morgan fingerprint density at radius 2 is 1.42 bits per heavy atom. The summed E-state index contributed by atoms with van der Waals surface area (Å²) in [6.45, 7) is 1.96. The molecule has 1 aromatic heterocycles. The molecule has 0 spiro atoms. The second kappa shape index (κ2) is 8.14.